The molecule has 0 N–H and O–H groups in total. The van der Waals surface area contributed by atoms with Gasteiger partial charge in [-0.25, -0.2) is 4.90 Å². The molecule has 1 unspecified atom stereocenters. The van der Waals surface area contributed by atoms with Crippen LogP contribution in [0.1, 0.15) is 68.2 Å². The highest BCUT2D eigenvalue weighted by Crippen LogP contribution is 2.57. The van der Waals surface area contributed by atoms with Crippen LogP contribution in [-0.4, -0.2) is 22.1 Å². The highest BCUT2D eigenvalue weighted by atomic mass is 16.5. The second-order valence-electron chi connectivity index (χ2n) is 10.2. The number of aliphatic imine (C=N–C) groups is 1. The molecule has 6 rings (SSSR count). The third kappa shape index (κ3) is 2.59. The van der Waals surface area contributed by atoms with Crippen molar-refractivity contribution in [2.45, 2.75) is 77.1 Å². The largest absolute Gasteiger partial charge is 0.461 e. The molecular weight excluding hydrogens is 394 g/mol. The van der Waals surface area contributed by atoms with E-state index in [1.807, 2.05) is 12.3 Å². The van der Waals surface area contributed by atoms with Gasteiger partial charge in [-0.15, -0.1) is 0 Å². The van der Waals surface area contributed by atoms with Gasteiger partial charge < -0.3 is 4.74 Å². The van der Waals surface area contributed by atoms with E-state index in [9.17, 15) is 0 Å². The Labute approximate surface area is 190 Å². The first-order valence-corrected chi connectivity index (χ1v) is 12.0. The number of pyridine rings is 1. The molecule has 3 aromatic rings. The minimum Gasteiger partial charge on any atom is -0.461 e. The average molecular weight is 426 g/mol. The van der Waals surface area contributed by atoms with Gasteiger partial charge in [0.15, 0.2) is 0 Å². The summed E-state index contributed by atoms with van der Waals surface area (Å²) in [5.74, 6) is 0.846. The third-order valence-corrected chi connectivity index (χ3v) is 7.85. The van der Waals surface area contributed by atoms with Crippen LogP contribution < -0.4 is 4.74 Å². The van der Waals surface area contributed by atoms with Crippen LogP contribution >= 0.6 is 0 Å². The quantitative estimate of drug-likeness (QED) is 0.436. The number of aromatic nitrogens is 1. The van der Waals surface area contributed by atoms with E-state index in [0.717, 1.165) is 22.3 Å². The Morgan fingerprint density at radius 1 is 0.938 bits per heavy atom. The normalized spacial score (nSPS) is 24.5. The number of aryl methyl sites for hydroxylation is 2. The summed E-state index contributed by atoms with van der Waals surface area (Å²) in [5.41, 5.74) is 6.31. The van der Waals surface area contributed by atoms with E-state index in [0.29, 0.717) is 6.04 Å². The molecule has 32 heavy (non-hydrogen) atoms. The summed E-state index contributed by atoms with van der Waals surface area (Å²) in [6.45, 7) is 9.21. The SMILES string of the molecule is Cc1ccc(C)c2c1C(C)(C)N(C1CCCCC1)C21C=Nc2c(ccc3ncccc23)O1. The lowest BCUT2D eigenvalue weighted by Crippen LogP contribution is -2.58. The average Bonchev–Trinajstić information content (AvgIpc) is 3.00. The summed E-state index contributed by atoms with van der Waals surface area (Å²) < 4.78 is 7.10. The van der Waals surface area contributed by atoms with Crippen LogP contribution in [0, 0.1) is 13.8 Å². The van der Waals surface area contributed by atoms with Crippen molar-refractivity contribution in [3.05, 3.63) is 64.8 Å². The lowest BCUT2D eigenvalue weighted by atomic mass is 9.86. The van der Waals surface area contributed by atoms with Crippen molar-refractivity contribution < 1.29 is 4.74 Å². The molecule has 1 fully saturated rings. The molecule has 0 saturated heterocycles. The van der Waals surface area contributed by atoms with Crippen LogP contribution in [0.3, 0.4) is 0 Å². The zero-order chi connectivity index (χ0) is 22.1. The molecule has 2 aromatic carbocycles. The van der Waals surface area contributed by atoms with E-state index in [1.165, 1.54) is 54.4 Å². The van der Waals surface area contributed by atoms with Crippen molar-refractivity contribution >= 4 is 22.8 Å². The molecule has 1 aromatic heterocycles. The fourth-order valence-corrected chi connectivity index (χ4v) is 6.69. The molecule has 3 heterocycles. The van der Waals surface area contributed by atoms with Crippen LogP contribution in [0.5, 0.6) is 5.75 Å². The number of ether oxygens (including phenoxy) is 1. The van der Waals surface area contributed by atoms with Gasteiger partial charge in [-0.05, 0) is 81.5 Å². The van der Waals surface area contributed by atoms with E-state index >= 15 is 0 Å². The van der Waals surface area contributed by atoms with Crippen molar-refractivity contribution in [3.8, 4) is 5.75 Å². The Hall–Kier alpha value is -2.72. The van der Waals surface area contributed by atoms with Crippen molar-refractivity contribution in [1.29, 1.82) is 0 Å². The van der Waals surface area contributed by atoms with Gasteiger partial charge in [0.05, 0.1) is 11.7 Å². The maximum Gasteiger partial charge on any atom is 0.227 e. The smallest absolute Gasteiger partial charge is 0.227 e. The molecule has 2 aliphatic heterocycles. The Balaban J connectivity index is 1.61. The topological polar surface area (TPSA) is 37.7 Å². The molecule has 0 amide bonds. The Bertz CT molecular complexity index is 1260. The van der Waals surface area contributed by atoms with E-state index in [4.69, 9.17) is 9.73 Å². The fourth-order valence-electron chi connectivity index (χ4n) is 6.69. The van der Waals surface area contributed by atoms with Crippen molar-refractivity contribution in [2.75, 3.05) is 0 Å². The fraction of sp³-hybridized carbons (Fsp3) is 0.429. The lowest BCUT2D eigenvalue weighted by Gasteiger charge is -2.49. The summed E-state index contributed by atoms with van der Waals surface area (Å²) in [4.78, 5) is 12.3. The number of hydrogen-bond acceptors (Lipinski definition) is 4. The standard InChI is InChI=1S/C28H31N3O/c1-18-12-13-19(2)25-24(18)27(3,4)31(20-9-6-5-7-10-20)28(25)17-30-26-21-11-8-16-29-22(21)14-15-23(26)32-28/h8,11-17,20H,5-7,9-10H2,1-4H3. The first kappa shape index (κ1) is 19.9. The highest BCUT2D eigenvalue weighted by molar-refractivity contribution is 5.97. The molecule has 1 spiro atoms. The van der Waals surface area contributed by atoms with Gasteiger partial charge in [0.1, 0.15) is 11.4 Å². The zero-order valence-corrected chi connectivity index (χ0v) is 19.5. The summed E-state index contributed by atoms with van der Waals surface area (Å²) in [5, 5.41) is 1.04. The van der Waals surface area contributed by atoms with E-state index in [2.05, 4.69) is 74.1 Å². The number of benzene rings is 2. The molecule has 1 aliphatic carbocycles. The Morgan fingerprint density at radius 3 is 2.47 bits per heavy atom. The summed E-state index contributed by atoms with van der Waals surface area (Å²) in [7, 11) is 0. The highest BCUT2D eigenvalue weighted by Gasteiger charge is 2.60. The van der Waals surface area contributed by atoms with Gasteiger partial charge in [-0.3, -0.25) is 9.98 Å². The molecule has 4 heteroatoms. The zero-order valence-electron chi connectivity index (χ0n) is 19.5. The van der Waals surface area contributed by atoms with E-state index < -0.39 is 5.72 Å². The van der Waals surface area contributed by atoms with Gasteiger partial charge in [-0.2, -0.15) is 0 Å². The summed E-state index contributed by atoms with van der Waals surface area (Å²) in [6, 6.07) is 13.1. The molecule has 0 bridgehead atoms. The molecule has 4 nitrogen and oxygen atoms in total. The predicted molar refractivity (Wildman–Crippen MR) is 130 cm³/mol. The number of nitrogens with zero attached hydrogens (tertiary/aromatic N) is 3. The summed E-state index contributed by atoms with van der Waals surface area (Å²) >= 11 is 0. The van der Waals surface area contributed by atoms with E-state index in [1.54, 1.807) is 0 Å². The number of hydrogen-bond donors (Lipinski definition) is 0. The molecule has 1 atom stereocenters. The number of fused-ring (bicyclic) bond motifs is 5. The van der Waals surface area contributed by atoms with Crippen molar-refractivity contribution in [2.24, 2.45) is 4.99 Å². The monoisotopic (exact) mass is 425 g/mol. The van der Waals surface area contributed by atoms with Gasteiger partial charge in [-0.1, -0.05) is 31.4 Å². The van der Waals surface area contributed by atoms with Gasteiger partial charge >= 0.3 is 0 Å². The van der Waals surface area contributed by atoms with Crippen LogP contribution in [0.2, 0.25) is 0 Å². The first-order chi connectivity index (χ1) is 15.4. The van der Waals surface area contributed by atoms with Crippen LogP contribution in [0.4, 0.5) is 5.69 Å². The molecule has 0 radical (unpaired) electrons. The maximum absolute atomic E-state index is 7.10. The van der Waals surface area contributed by atoms with Gasteiger partial charge in [0.2, 0.25) is 5.72 Å². The molecule has 164 valence electrons. The van der Waals surface area contributed by atoms with Crippen molar-refractivity contribution in [3.63, 3.8) is 0 Å². The first-order valence-electron chi connectivity index (χ1n) is 12.0. The molecule has 3 aliphatic rings. The second kappa shape index (κ2) is 6.89. The Kier molecular flexibility index (Phi) is 4.29. The maximum atomic E-state index is 7.10. The minimum atomic E-state index is -0.681. The number of rotatable bonds is 1. The van der Waals surface area contributed by atoms with Crippen LogP contribution in [0.25, 0.3) is 10.9 Å². The van der Waals surface area contributed by atoms with Gasteiger partial charge in [0, 0.05) is 28.7 Å². The third-order valence-electron chi connectivity index (χ3n) is 7.85. The van der Waals surface area contributed by atoms with Crippen molar-refractivity contribution in [1.82, 2.24) is 9.88 Å². The van der Waals surface area contributed by atoms with Crippen LogP contribution in [-0.2, 0) is 11.3 Å². The second-order valence-corrected chi connectivity index (χ2v) is 10.2. The predicted octanol–water partition coefficient (Wildman–Crippen LogP) is 6.68. The van der Waals surface area contributed by atoms with E-state index in [-0.39, 0.29) is 5.54 Å². The lowest BCUT2D eigenvalue weighted by molar-refractivity contribution is -0.103. The molecular formula is C28H31N3O. The summed E-state index contributed by atoms with van der Waals surface area (Å²) in [6.07, 6.45) is 10.2. The minimum absolute atomic E-state index is 0.143. The van der Waals surface area contributed by atoms with Crippen LogP contribution in [0.15, 0.2) is 47.6 Å². The Morgan fingerprint density at radius 2 is 1.69 bits per heavy atom. The van der Waals surface area contributed by atoms with Gasteiger partial charge in [0.25, 0.3) is 0 Å². The molecule has 1 saturated carbocycles.